The zero-order valence-corrected chi connectivity index (χ0v) is 14.4. The summed E-state index contributed by atoms with van der Waals surface area (Å²) in [4.78, 5) is 28.6. The van der Waals surface area contributed by atoms with Crippen LogP contribution in [-0.2, 0) is 20.6 Å². The third-order valence-corrected chi connectivity index (χ3v) is 4.57. The Hall–Kier alpha value is -1.56. The van der Waals surface area contributed by atoms with Crippen molar-refractivity contribution in [1.29, 1.82) is 0 Å². The maximum absolute atomic E-state index is 12.4. The van der Waals surface area contributed by atoms with Crippen molar-refractivity contribution in [3.8, 4) is 0 Å². The Bertz CT molecular complexity index is 787. The summed E-state index contributed by atoms with van der Waals surface area (Å²) < 4.78 is 4.22. The number of hydrogen-bond donors (Lipinski definition) is 0. The highest BCUT2D eigenvalue weighted by molar-refractivity contribution is 6.29. The lowest BCUT2D eigenvalue weighted by Gasteiger charge is -2.16. The van der Waals surface area contributed by atoms with Crippen molar-refractivity contribution >= 4 is 22.8 Å². The molecule has 22 heavy (non-hydrogen) atoms. The molecule has 0 aliphatic heterocycles. The molecule has 6 nitrogen and oxygen atoms in total. The molecule has 0 saturated heterocycles. The van der Waals surface area contributed by atoms with Gasteiger partial charge in [0.05, 0.1) is 0 Å². The van der Waals surface area contributed by atoms with E-state index in [1.807, 2.05) is 0 Å². The summed E-state index contributed by atoms with van der Waals surface area (Å²) in [5.41, 5.74) is 0.0210. The molecule has 2 heterocycles. The lowest BCUT2D eigenvalue weighted by Crippen LogP contribution is -2.37. The number of rotatable bonds is 6. The normalized spacial score (nSPS) is 13.0. The molecule has 0 aliphatic rings. The molecular weight excluding hydrogens is 304 g/mol. The number of hydrogen-bond acceptors (Lipinski definition) is 3. The fraction of sp³-hybridized carbons (Fsp3) is 0.667. The third-order valence-electron chi connectivity index (χ3n) is 4.29. The minimum absolute atomic E-state index is 0.267. The van der Waals surface area contributed by atoms with Crippen LogP contribution in [0.1, 0.15) is 39.5 Å². The molecule has 0 spiro atoms. The molecule has 0 saturated carbocycles. The van der Waals surface area contributed by atoms with E-state index in [1.165, 1.54) is 11.6 Å². The highest BCUT2D eigenvalue weighted by Crippen LogP contribution is 2.21. The van der Waals surface area contributed by atoms with Crippen molar-refractivity contribution in [2.45, 2.75) is 46.1 Å². The lowest BCUT2D eigenvalue weighted by molar-refractivity contribution is 0.395. The smallest absolute Gasteiger partial charge is 0.308 e. The molecule has 1 atom stereocenters. The van der Waals surface area contributed by atoms with Crippen molar-refractivity contribution in [2.75, 3.05) is 0 Å². The summed E-state index contributed by atoms with van der Waals surface area (Å²) in [5, 5.41) is 0.267. The molecule has 0 fully saturated rings. The third kappa shape index (κ3) is 2.84. The minimum Gasteiger partial charge on any atom is -0.308 e. The molecule has 122 valence electrons. The molecule has 0 aromatic carbocycles. The molecule has 7 heteroatoms. The van der Waals surface area contributed by atoms with E-state index in [4.69, 9.17) is 11.6 Å². The van der Waals surface area contributed by atoms with Gasteiger partial charge in [-0.05, 0) is 23.9 Å². The zero-order valence-electron chi connectivity index (χ0n) is 13.6. The number of imidazole rings is 1. The highest BCUT2D eigenvalue weighted by atomic mass is 35.5. The number of aromatic nitrogens is 4. The maximum atomic E-state index is 12.4. The summed E-state index contributed by atoms with van der Waals surface area (Å²) in [7, 11) is 3.08. The molecule has 2 aromatic rings. The van der Waals surface area contributed by atoms with E-state index in [0.29, 0.717) is 23.6 Å². The fourth-order valence-electron chi connectivity index (χ4n) is 2.76. The maximum Gasteiger partial charge on any atom is 0.332 e. The standard InChI is InChI=1S/C15H23ClN4O2/c1-5-7-8-10(6-2)9-20-11-12(17-14(20)16)18(3)15(22)19(4)13(11)21/h10H,5-9H2,1-4H3. The summed E-state index contributed by atoms with van der Waals surface area (Å²) >= 11 is 6.24. The molecule has 0 bridgehead atoms. The summed E-state index contributed by atoms with van der Waals surface area (Å²) in [6.07, 6.45) is 4.40. The molecule has 0 aliphatic carbocycles. The molecule has 2 aromatic heterocycles. The fourth-order valence-corrected chi connectivity index (χ4v) is 3.00. The predicted octanol–water partition coefficient (Wildman–Crippen LogP) is 2.30. The number of unbranched alkanes of at least 4 members (excludes halogenated alkanes) is 1. The van der Waals surface area contributed by atoms with Crippen LogP contribution >= 0.6 is 11.6 Å². The van der Waals surface area contributed by atoms with Crippen LogP contribution in [0.5, 0.6) is 0 Å². The van der Waals surface area contributed by atoms with Crippen molar-refractivity contribution in [1.82, 2.24) is 18.7 Å². The first kappa shape index (κ1) is 16.8. The second-order valence-corrected chi connectivity index (χ2v) is 6.12. The average Bonchev–Trinajstić information content (AvgIpc) is 2.84. The lowest BCUT2D eigenvalue weighted by atomic mass is 9.99. The van der Waals surface area contributed by atoms with E-state index in [-0.39, 0.29) is 10.8 Å². The van der Waals surface area contributed by atoms with Crippen molar-refractivity contribution in [3.05, 3.63) is 26.1 Å². The summed E-state index contributed by atoms with van der Waals surface area (Å²) in [6, 6.07) is 0. The van der Waals surface area contributed by atoms with E-state index in [0.717, 1.165) is 30.3 Å². The molecule has 0 N–H and O–H groups in total. The van der Waals surface area contributed by atoms with Crippen LogP contribution in [0, 0.1) is 5.92 Å². The minimum atomic E-state index is -0.392. The Kier molecular flexibility index (Phi) is 5.11. The SMILES string of the molecule is CCCCC(CC)Cn1c(Cl)nc2c1c(=O)n(C)c(=O)n2C. The quantitative estimate of drug-likeness (QED) is 0.765. The zero-order chi connectivity index (χ0) is 16.4. The number of fused-ring (bicyclic) bond motifs is 1. The van der Waals surface area contributed by atoms with Gasteiger partial charge in [-0.15, -0.1) is 0 Å². The van der Waals surface area contributed by atoms with Gasteiger partial charge < -0.3 is 4.57 Å². The predicted molar refractivity (Wildman–Crippen MR) is 88.5 cm³/mol. The monoisotopic (exact) mass is 326 g/mol. The van der Waals surface area contributed by atoms with Crippen molar-refractivity contribution < 1.29 is 0 Å². The Morgan fingerprint density at radius 3 is 2.45 bits per heavy atom. The molecular formula is C15H23ClN4O2. The molecule has 0 amide bonds. The topological polar surface area (TPSA) is 61.8 Å². The van der Waals surface area contributed by atoms with Crippen LogP contribution in [0.15, 0.2) is 9.59 Å². The van der Waals surface area contributed by atoms with Gasteiger partial charge in [-0.25, -0.2) is 4.79 Å². The van der Waals surface area contributed by atoms with E-state index < -0.39 is 5.69 Å². The van der Waals surface area contributed by atoms with E-state index in [2.05, 4.69) is 18.8 Å². The van der Waals surface area contributed by atoms with Crippen LogP contribution < -0.4 is 11.2 Å². The van der Waals surface area contributed by atoms with Crippen LogP contribution in [0.2, 0.25) is 5.28 Å². The Morgan fingerprint density at radius 1 is 1.18 bits per heavy atom. The number of halogens is 1. The molecule has 1 unspecified atom stereocenters. The van der Waals surface area contributed by atoms with Gasteiger partial charge in [0.1, 0.15) is 0 Å². The van der Waals surface area contributed by atoms with Gasteiger partial charge in [0, 0.05) is 20.6 Å². The molecule has 2 rings (SSSR count). The largest absolute Gasteiger partial charge is 0.332 e. The van der Waals surface area contributed by atoms with Crippen LogP contribution in [0.4, 0.5) is 0 Å². The van der Waals surface area contributed by atoms with Gasteiger partial charge in [0.25, 0.3) is 5.56 Å². The number of nitrogens with zero attached hydrogens (tertiary/aromatic N) is 4. The van der Waals surface area contributed by atoms with Crippen LogP contribution in [-0.4, -0.2) is 18.7 Å². The van der Waals surface area contributed by atoms with Gasteiger partial charge in [0.15, 0.2) is 11.2 Å². The van der Waals surface area contributed by atoms with Crippen molar-refractivity contribution in [3.63, 3.8) is 0 Å². The van der Waals surface area contributed by atoms with Gasteiger partial charge in [-0.1, -0.05) is 33.1 Å². The Labute approximate surface area is 134 Å². The first-order valence-electron chi connectivity index (χ1n) is 7.74. The summed E-state index contributed by atoms with van der Waals surface area (Å²) in [5.74, 6) is 0.441. The Morgan fingerprint density at radius 2 is 1.86 bits per heavy atom. The Balaban J connectivity index is 2.57. The molecule has 0 radical (unpaired) electrons. The van der Waals surface area contributed by atoms with Gasteiger partial charge >= 0.3 is 5.69 Å². The van der Waals surface area contributed by atoms with E-state index in [9.17, 15) is 9.59 Å². The first-order chi connectivity index (χ1) is 10.4. The highest BCUT2D eigenvalue weighted by Gasteiger charge is 2.20. The number of aryl methyl sites for hydroxylation is 1. The second-order valence-electron chi connectivity index (χ2n) is 5.79. The van der Waals surface area contributed by atoms with E-state index in [1.54, 1.807) is 11.6 Å². The second kappa shape index (κ2) is 6.69. The van der Waals surface area contributed by atoms with Crippen LogP contribution in [0.3, 0.4) is 0 Å². The van der Waals surface area contributed by atoms with Gasteiger partial charge in [-0.3, -0.25) is 13.9 Å². The first-order valence-corrected chi connectivity index (χ1v) is 8.11. The average molecular weight is 327 g/mol. The van der Waals surface area contributed by atoms with E-state index >= 15 is 0 Å². The van der Waals surface area contributed by atoms with Gasteiger partial charge in [0.2, 0.25) is 5.28 Å². The van der Waals surface area contributed by atoms with Crippen molar-refractivity contribution in [2.24, 2.45) is 20.0 Å². The van der Waals surface area contributed by atoms with Crippen LogP contribution in [0.25, 0.3) is 11.2 Å². The van der Waals surface area contributed by atoms with Gasteiger partial charge in [-0.2, -0.15) is 4.98 Å². The summed E-state index contributed by atoms with van der Waals surface area (Å²) in [6.45, 7) is 4.96.